The largest absolute Gasteiger partial charge is 0.496 e. The van der Waals surface area contributed by atoms with Gasteiger partial charge in [0.1, 0.15) is 5.75 Å². The van der Waals surface area contributed by atoms with E-state index in [0.717, 1.165) is 5.75 Å². The number of hydrogen-bond donors (Lipinski definition) is 1. The zero-order chi connectivity index (χ0) is 14.0. The average molecular weight is 274 g/mol. The molecular weight excluding hydrogens is 248 g/mol. The number of rotatable bonds is 4. The molecule has 1 aromatic carbocycles. The molecule has 0 spiro atoms. The highest BCUT2D eigenvalue weighted by Crippen LogP contribution is 2.46. The molecule has 1 heterocycles. The van der Waals surface area contributed by atoms with Crippen LogP contribution in [-0.2, 0) is 0 Å². The van der Waals surface area contributed by atoms with Crippen molar-refractivity contribution in [3.8, 4) is 5.75 Å². The van der Waals surface area contributed by atoms with Gasteiger partial charge in [-0.25, -0.2) is 0 Å². The minimum Gasteiger partial charge on any atom is -0.496 e. The maximum Gasteiger partial charge on any atom is 0.123 e. The Hall–Kier alpha value is -1.06. The molecule has 1 atom stereocenters. The van der Waals surface area contributed by atoms with Gasteiger partial charge < -0.3 is 10.5 Å². The maximum atomic E-state index is 6.77. The van der Waals surface area contributed by atoms with Gasteiger partial charge in [-0.05, 0) is 44.8 Å². The van der Waals surface area contributed by atoms with Gasteiger partial charge in [0.15, 0.2) is 0 Å². The van der Waals surface area contributed by atoms with Crippen LogP contribution >= 0.6 is 0 Å². The molecule has 20 heavy (non-hydrogen) atoms. The van der Waals surface area contributed by atoms with E-state index >= 15 is 0 Å². The first-order valence-electron chi connectivity index (χ1n) is 7.91. The van der Waals surface area contributed by atoms with Crippen LogP contribution in [0.2, 0.25) is 0 Å². The lowest BCUT2D eigenvalue weighted by molar-refractivity contribution is 0.0911. The lowest BCUT2D eigenvalue weighted by atomic mass is 9.82. The SMILES string of the molecule is COc1ccccc1C(N)C1(N2CCCC2)CCCC1. The molecule has 1 unspecified atom stereocenters. The predicted molar refractivity (Wildman–Crippen MR) is 81.9 cm³/mol. The van der Waals surface area contributed by atoms with Crippen LogP contribution in [0.3, 0.4) is 0 Å². The van der Waals surface area contributed by atoms with E-state index in [9.17, 15) is 0 Å². The Morgan fingerprint density at radius 1 is 1.10 bits per heavy atom. The van der Waals surface area contributed by atoms with Crippen molar-refractivity contribution < 1.29 is 4.74 Å². The highest BCUT2D eigenvalue weighted by Gasteiger charge is 2.46. The summed E-state index contributed by atoms with van der Waals surface area (Å²) in [5.74, 6) is 0.936. The Labute approximate surface area is 122 Å². The van der Waals surface area contributed by atoms with E-state index in [1.807, 2.05) is 12.1 Å². The fourth-order valence-electron chi connectivity index (χ4n) is 4.19. The van der Waals surface area contributed by atoms with Crippen molar-refractivity contribution in [2.45, 2.75) is 50.1 Å². The van der Waals surface area contributed by atoms with Crippen LogP contribution in [-0.4, -0.2) is 30.6 Å². The van der Waals surface area contributed by atoms with Crippen LogP contribution in [0.5, 0.6) is 5.75 Å². The van der Waals surface area contributed by atoms with E-state index in [-0.39, 0.29) is 11.6 Å². The molecule has 0 aromatic heterocycles. The summed E-state index contributed by atoms with van der Waals surface area (Å²) in [7, 11) is 1.74. The zero-order valence-electron chi connectivity index (χ0n) is 12.5. The highest BCUT2D eigenvalue weighted by atomic mass is 16.5. The van der Waals surface area contributed by atoms with Crippen molar-refractivity contribution in [1.29, 1.82) is 0 Å². The van der Waals surface area contributed by atoms with Gasteiger partial charge in [-0.3, -0.25) is 4.90 Å². The number of likely N-dealkylation sites (tertiary alicyclic amines) is 1. The third-order valence-electron chi connectivity index (χ3n) is 5.26. The summed E-state index contributed by atoms with van der Waals surface area (Å²) in [5.41, 5.74) is 8.10. The van der Waals surface area contributed by atoms with Gasteiger partial charge in [0, 0.05) is 11.1 Å². The molecule has 2 N–H and O–H groups in total. The fourth-order valence-corrected chi connectivity index (χ4v) is 4.19. The molecule has 110 valence electrons. The second kappa shape index (κ2) is 5.74. The standard InChI is InChI=1S/C17H26N2O/c1-20-15-9-3-2-8-14(15)16(18)17(10-4-5-11-17)19-12-6-7-13-19/h2-3,8-9,16H,4-7,10-13,18H2,1H3. The minimum absolute atomic E-state index is 0.0549. The molecule has 0 bridgehead atoms. The van der Waals surface area contributed by atoms with Gasteiger partial charge in [-0.1, -0.05) is 31.0 Å². The van der Waals surface area contributed by atoms with Crippen molar-refractivity contribution >= 4 is 0 Å². The normalized spacial score (nSPS) is 23.9. The Morgan fingerprint density at radius 2 is 1.75 bits per heavy atom. The quantitative estimate of drug-likeness (QED) is 0.917. The molecule has 0 amide bonds. The number of nitrogens with zero attached hydrogens (tertiary/aromatic N) is 1. The molecule has 0 radical (unpaired) electrons. The fraction of sp³-hybridized carbons (Fsp3) is 0.647. The molecule has 1 saturated carbocycles. The second-order valence-corrected chi connectivity index (χ2v) is 6.22. The van der Waals surface area contributed by atoms with Crippen LogP contribution in [0, 0.1) is 0 Å². The monoisotopic (exact) mass is 274 g/mol. The van der Waals surface area contributed by atoms with E-state index in [0.29, 0.717) is 0 Å². The average Bonchev–Trinajstić information content (AvgIpc) is 3.17. The topological polar surface area (TPSA) is 38.5 Å². The smallest absolute Gasteiger partial charge is 0.123 e. The Morgan fingerprint density at radius 3 is 2.40 bits per heavy atom. The van der Waals surface area contributed by atoms with Gasteiger partial charge in [-0.2, -0.15) is 0 Å². The Kier molecular flexibility index (Phi) is 3.99. The number of ether oxygens (including phenoxy) is 1. The summed E-state index contributed by atoms with van der Waals surface area (Å²) < 4.78 is 5.54. The number of nitrogens with two attached hydrogens (primary N) is 1. The van der Waals surface area contributed by atoms with E-state index in [1.54, 1.807) is 7.11 Å². The molecule has 2 fully saturated rings. The van der Waals surface area contributed by atoms with Gasteiger partial charge in [0.2, 0.25) is 0 Å². The molecule has 3 nitrogen and oxygen atoms in total. The van der Waals surface area contributed by atoms with Crippen LogP contribution in [0.15, 0.2) is 24.3 Å². The molecule has 2 aliphatic rings. The molecule has 1 saturated heterocycles. The lowest BCUT2D eigenvalue weighted by Gasteiger charge is -2.44. The van der Waals surface area contributed by atoms with Crippen molar-refractivity contribution in [1.82, 2.24) is 4.90 Å². The highest BCUT2D eigenvalue weighted by molar-refractivity contribution is 5.38. The van der Waals surface area contributed by atoms with Crippen molar-refractivity contribution in [2.75, 3.05) is 20.2 Å². The van der Waals surface area contributed by atoms with Gasteiger partial charge in [0.25, 0.3) is 0 Å². The molecule has 3 heteroatoms. The van der Waals surface area contributed by atoms with E-state index in [4.69, 9.17) is 10.5 Å². The summed E-state index contributed by atoms with van der Waals surface area (Å²) in [6.07, 6.45) is 7.71. The summed E-state index contributed by atoms with van der Waals surface area (Å²) in [6, 6.07) is 8.32. The third-order valence-corrected chi connectivity index (χ3v) is 5.26. The Balaban J connectivity index is 1.94. The molecule has 1 aliphatic carbocycles. The number of hydrogen-bond acceptors (Lipinski definition) is 3. The predicted octanol–water partition coefficient (Wildman–Crippen LogP) is 3.10. The number of para-hydroxylation sites is 1. The maximum absolute atomic E-state index is 6.77. The van der Waals surface area contributed by atoms with E-state index in [1.165, 1.54) is 57.2 Å². The first-order valence-corrected chi connectivity index (χ1v) is 7.91. The second-order valence-electron chi connectivity index (χ2n) is 6.22. The van der Waals surface area contributed by atoms with Crippen LogP contribution in [0.25, 0.3) is 0 Å². The zero-order valence-corrected chi connectivity index (χ0v) is 12.5. The first-order chi connectivity index (χ1) is 9.78. The summed E-state index contributed by atoms with van der Waals surface area (Å²) in [4.78, 5) is 2.66. The summed E-state index contributed by atoms with van der Waals surface area (Å²) in [5, 5.41) is 0. The number of benzene rings is 1. The van der Waals surface area contributed by atoms with E-state index < -0.39 is 0 Å². The third kappa shape index (κ3) is 2.23. The molecule has 1 aliphatic heterocycles. The van der Waals surface area contributed by atoms with Crippen LogP contribution in [0.1, 0.15) is 50.1 Å². The molecule has 3 rings (SSSR count). The number of methoxy groups -OCH3 is 1. The van der Waals surface area contributed by atoms with Crippen LogP contribution < -0.4 is 10.5 Å². The summed E-state index contributed by atoms with van der Waals surface area (Å²) in [6.45, 7) is 2.42. The molecular formula is C17H26N2O. The first kappa shape index (κ1) is 13.9. The minimum atomic E-state index is 0.0549. The van der Waals surface area contributed by atoms with Crippen molar-refractivity contribution in [2.24, 2.45) is 5.73 Å². The molecule has 1 aromatic rings. The van der Waals surface area contributed by atoms with Gasteiger partial charge in [0.05, 0.1) is 13.2 Å². The van der Waals surface area contributed by atoms with Crippen LogP contribution in [0.4, 0.5) is 0 Å². The Bertz CT molecular complexity index is 448. The summed E-state index contributed by atoms with van der Waals surface area (Å²) >= 11 is 0. The van der Waals surface area contributed by atoms with Crippen molar-refractivity contribution in [3.63, 3.8) is 0 Å². The lowest BCUT2D eigenvalue weighted by Crippen LogP contribution is -2.52. The van der Waals surface area contributed by atoms with E-state index in [2.05, 4.69) is 17.0 Å². The van der Waals surface area contributed by atoms with Gasteiger partial charge >= 0.3 is 0 Å². The van der Waals surface area contributed by atoms with Crippen molar-refractivity contribution in [3.05, 3.63) is 29.8 Å². The van der Waals surface area contributed by atoms with Gasteiger partial charge in [-0.15, -0.1) is 0 Å².